The van der Waals surface area contributed by atoms with Crippen molar-refractivity contribution in [1.82, 2.24) is 5.32 Å². The van der Waals surface area contributed by atoms with Gasteiger partial charge in [0.05, 0.1) is 6.10 Å². The van der Waals surface area contributed by atoms with Crippen molar-refractivity contribution in [2.75, 3.05) is 13.1 Å². The molecule has 3 heteroatoms. The third kappa shape index (κ3) is 4.92. The molecule has 2 rings (SSSR count). The number of aliphatic hydroxyl groups excluding tert-OH is 1. The Hall–Kier alpha value is -0.930. The molecule has 0 bridgehead atoms. The van der Waals surface area contributed by atoms with Crippen LogP contribution >= 0.6 is 0 Å². The van der Waals surface area contributed by atoms with Crippen LogP contribution in [0.2, 0.25) is 0 Å². The third-order valence-electron chi connectivity index (χ3n) is 4.03. The highest BCUT2D eigenvalue weighted by Gasteiger charge is 2.13. The van der Waals surface area contributed by atoms with Gasteiger partial charge in [0.2, 0.25) is 0 Å². The van der Waals surface area contributed by atoms with Crippen LogP contribution in [-0.2, 0) is 0 Å². The van der Waals surface area contributed by atoms with Crippen molar-refractivity contribution in [2.45, 2.75) is 44.6 Å². The second kappa shape index (κ2) is 7.61. The van der Waals surface area contributed by atoms with Gasteiger partial charge in [-0.3, -0.25) is 0 Å². The molecule has 2 N–H and O–H groups in total. The first-order valence-corrected chi connectivity index (χ1v) is 7.40. The van der Waals surface area contributed by atoms with Gasteiger partial charge < -0.3 is 10.4 Å². The van der Waals surface area contributed by atoms with Crippen molar-refractivity contribution in [3.63, 3.8) is 0 Å². The smallest absolute Gasteiger partial charge is 0.123 e. The van der Waals surface area contributed by atoms with Gasteiger partial charge in [0, 0.05) is 6.54 Å². The number of halogens is 1. The topological polar surface area (TPSA) is 32.3 Å². The van der Waals surface area contributed by atoms with Gasteiger partial charge in [-0.1, -0.05) is 44.2 Å². The van der Waals surface area contributed by atoms with E-state index in [1.165, 1.54) is 50.7 Å². The zero-order chi connectivity index (χ0) is 13.5. The van der Waals surface area contributed by atoms with Crippen LogP contribution in [0.3, 0.4) is 0 Å². The summed E-state index contributed by atoms with van der Waals surface area (Å²) in [6.07, 6.45) is 7.41. The predicted molar refractivity (Wildman–Crippen MR) is 75.4 cm³/mol. The Bertz CT molecular complexity index is 377. The van der Waals surface area contributed by atoms with Gasteiger partial charge in [0.1, 0.15) is 5.82 Å². The largest absolute Gasteiger partial charge is 0.387 e. The van der Waals surface area contributed by atoms with E-state index in [0.717, 1.165) is 12.5 Å². The standard InChI is InChI=1S/C16H24FNO/c17-15-8-4-7-14(11-15)16(19)12-18-10-9-13-5-2-1-3-6-13/h4,7-8,11,13,16,18-19H,1-3,5-6,9-10,12H2. The van der Waals surface area contributed by atoms with E-state index in [9.17, 15) is 9.50 Å². The van der Waals surface area contributed by atoms with Crippen molar-refractivity contribution in [3.05, 3.63) is 35.6 Å². The van der Waals surface area contributed by atoms with E-state index in [1.807, 2.05) is 0 Å². The molecule has 0 amide bonds. The molecule has 1 aromatic carbocycles. The average Bonchev–Trinajstić information content (AvgIpc) is 2.44. The molecule has 19 heavy (non-hydrogen) atoms. The first-order chi connectivity index (χ1) is 9.25. The molecule has 1 aromatic rings. The highest BCUT2D eigenvalue weighted by atomic mass is 19.1. The monoisotopic (exact) mass is 265 g/mol. The number of hydrogen-bond donors (Lipinski definition) is 2. The van der Waals surface area contributed by atoms with Gasteiger partial charge in [0.25, 0.3) is 0 Å². The third-order valence-corrected chi connectivity index (χ3v) is 4.03. The summed E-state index contributed by atoms with van der Waals surface area (Å²) in [6, 6.07) is 6.19. The first kappa shape index (κ1) is 14.5. The second-order valence-corrected chi connectivity index (χ2v) is 5.57. The molecular formula is C16H24FNO. The SMILES string of the molecule is OC(CNCCC1CCCCC1)c1cccc(F)c1. The normalized spacial score (nSPS) is 18.4. The molecule has 0 aromatic heterocycles. The van der Waals surface area contributed by atoms with Crippen LogP contribution in [0.25, 0.3) is 0 Å². The predicted octanol–water partition coefficient (Wildman–Crippen LogP) is 3.42. The van der Waals surface area contributed by atoms with Gasteiger partial charge >= 0.3 is 0 Å². The second-order valence-electron chi connectivity index (χ2n) is 5.57. The van der Waals surface area contributed by atoms with Gasteiger partial charge in [0.15, 0.2) is 0 Å². The van der Waals surface area contributed by atoms with Gasteiger partial charge in [-0.15, -0.1) is 0 Å². The molecule has 0 heterocycles. The quantitative estimate of drug-likeness (QED) is 0.772. The van der Waals surface area contributed by atoms with Crippen molar-refractivity contribution >= 4 is 0 Å². The average molecular weight is 265 g/mol. The lowest BCUT2D eigenvalue weighted by atomic mass is 9.87. The molecule has 1 fully saturated rings. The number of rotatable bonds is 6. The van der Waals surface area contributed by atoms with Gasteiger partial charge in [-0.2, -0.15) is 0 Å². The summed E-state index contributed by atoms with van der Waals surface area (Å²) in [5, 5.41) is 13.2. The molecule has 1 saturated carbocycles. The van der Waals surface area contributed by atoms with Crippen molar-refractivity contribution in [3.8, 4) is 0 Å². The summed E-state index contributed by atoms with van der Waals surface area (Å²) < 4.78 is 13.0. The Morgan fingerprint density at radius 1 is 1.26 bits per heavy atom. The minimum absolute atomic E-state index is 0.293. The summed E-state index contributed by atoms with van der Waals surface area (Å²) in [7, 11) is 0. The molecule has 1 unspecified atom stereocenters. The van der Waals surface area contributed by atoms with Crippen LogP contribution in [0.4, 0.5) is 4.39 Å². The van der Waals surface area contributed by atoms with E-state index < -0.39 is 6.10 Å². The fourth-order valence-electron chi connectivity index (χ4n) is 2.85. The fraction of sp³-hybridized carbons (Fsp3) is 0.625. The van der Waals surface area contributed by atoms with E-state index in [0.29, 0.717) is 12.1 Å². The molecule has 1 aliphatic rings. The lowest BCUT2D eigenvalue weighted by molar-refractivity contribution is 0.173. The number of aliphatic hydroxyl groups is 1. The maximum absolute atomic E-state index is 13.0. The summed E-state index contributed by atoms with van der Waals surface area (Å²) in [5.74, 6) is 0.561. The highest BCUT2D eigenvalue weighted by Crippen LogP contribution is 2.25. The highest BCUT2D eigenvalue weighted by molar-refractivity contribution is 5.18. The zero-order valence-electron chi connectivity index (χ0n) is 11.4. The Morgan fingerprint density at radius 2 is 2.05 bits per heavy atom. The zero-order valence-corrected chi connectivity index (χ0v) is 11.4. The van der Waals surface area contributed by atoms with Crippen LogP contribution in [0.1, 0.15) is 50.2 Å². The van der Waals surface area contributed by atoms with E-state index in [-0.39, 0.29) is 5.82 Å². The minimum atomic E-state index is -0.623. The van der Waals surface area contributed by atoms with Crippen LogP contribution in [0.15, 0.2) is 24.3 Å². The van der Waals surface area contributed by atoms with Gasteiger partial charge in [-0.25, -0.2) is 4.39 Å². The van der Waals surface area contributed by atoms with Crippen LogP contribution in [0.5, 0.6) is 0 Å². The summed E-state index contributed by atoms with van der Waals surface area (Å²) in [6.45, 7) is 1.44. The molecule has 0 radical (unpaired) electrons. The maximum atomic E-state index is 13.0. The summed E-state index contributed by atoms with van der Waals surface area (Å²) in [4.78, 5) is 0. The lowest BCUT2D eigenvalue weighted by Gasteiger charge is -2.21. The summed E-state index contributed by atoms with van der Waals surface area (Å²) >= 11 is 0. The van der Waals surface area contributed by atoms with Crippen molar-refractivity contribution in [1.29, 1.82) is 0 Å². The molecule has 2 nitrogen and oxygen atoms in total. The Labute approximate surface area is 115 Å². The Balaban J connectivity index is 1.64. The molecule has 0 saturated heterocycles. The van der Waals surface area contributed by atoms with Gasteiger partial charge in [-0.05, 0) is 36.6 Å². The van der Waals surface area contributed by atoms with Crippen molar-refractivity contribution < 1.29 is 9.50 Å². The van der Waals surface area contributed by atoms with E-state index >= 15 is 0 Å². The van der Waals surface area contributed by atoms with Crippen LogP contribution in [-0.4, -0.2) is 18.2 Å². The Kier molecular flexibility index (Phi) is 5.80. The Morgan fingerprint density at radius 3 is 2.79 bits per heavy atom. The molecule has 1 aliphatic carbocycles. The fourth-order valence-corrected chi connectivity index (χ4v) is 2.85. The van der Waals surface area contributed by atoms with E-state index in [2.05, 4.69) is 5.32 Å². The van der Waals surface area contributed by atoms with E-state index in [1.54, 1.807) is 12.1 Å². The first-order valence-electron chi connectivity index (χ1n) is 7.40. The number of benzene rings is 1. The van der Waals surface area contributed by atoms with E-state index in [4.69, 9.17) is 0 Å². The molecule has 0 aliphatic heterocycles. The molecule has 0 spiro atoms. The van der Waals surface area contributed by atoms with Crippen LogP contribution < -0.4 is 5.32 Å². The molecule has 1 atom stereocenters. The van der Waals surface area contributed by atoms with Crippen LogP contribution in [0, 0.1) is 11.7 Å². The molecule has 106 valence electrons. The lowest BCUT2D eigenvalue weighted by Crippen LogP contribution is -2.24. The number of nitrogens with one attached hydrogen (secondary N) is 1. The maximum Gasteiger partial charge on any atom is 0.123 e. The minimum Gasteiger partial charge on any atom is -0.387 e. The number of hydrogen-bond acceptors (Lipinski definition) is 2. The van der Waals surface area contributed by atoms with Crippen molar-refractivity contribution in [2.24, 2.45) is 5.92 Å². The summed E-state index contributed by atoms with van der Waals surface area (Å²) in [5.41, 5.74) is 0.644. The molecular weight excluding hydrogens is 241 g/mol.